The van der Waals surface area contributed by atoms with Crippen LogP contribution in [-0.4, -0.2) is 37.7 Å². The van der Waals surface area contributed by atoms with E-state index in [0.717, 1.165) is 19.3 Å². The third-order valence-corrected chi connectivity index (χ3v) is 6.13. The monoisotopic (exact) mass is 433 g/mol. The number of hydrogen-bond donors (Lipinski definition) is 2. The number of nitrogens with zero attached hydrogens (tertiary/aromatic N) is 2. The van der Waals surface area contributed by atoms with Crippen molar-refractivity contribution in [2.45, 2.75) is 25.7 Å². The van der Waals surface area contributed by atoms with Gasteiger partial charge in [0, 0.05) is 30.1 Å². The van der Waals surface area contributed by atoms with Crippen LogP contribution in [-0.2, 0) is 9.59 Å². The Morgan fingerprint density at radius 1 is 1.29 bits per heavy atom. The number of benzene rings is 1. The van der Waals surface area contributed by atoms with Gasteiger partial charge in [0.2, 0.25) is 5.91 Å². The summed E-state index contributed by atoms with van der Waals surface area (Å²) in [6, 6.07) is 6.86. The van der Waals surface area contributed by atoms with Crippen LogP contribution in [0.15, 0.2) is 40.7 Å². The number of thiazole rings is 1. The number of carbonyl (C=O) groups excluding carboxylic acids is 2. The molecule has 6 nitrogen and oxygen atoms in total. The maximum Gasteiger partial charge on any atom is 0.266 e. The molecule has 1 aliphatic rings. The predicted molar refractivity (Wildman–Crippen MR) is 117 cm³/mol. The molecule has 0 aliphatic carbocycles. The lowest BCUT2D eigenvalue weighted by Gasteiger charge is -2.14. The van der Waals surface area contributed by atoms with Crippen LogP contribution in [0.1, 0.15) is 31.2 Å². The fourth-order valence-electron chi connectivity index (χ4n) is 2.64. The van der Waals surface area contributed by atoms with Gasteiger partial charge in [-0.1, -0.05) is 48.6 Å². The fraction of sp³-hybridized carbons (Fsp3) is 0.263. The van der Waals surface area contributed by atoms with Gasteiger partial charge >= 0.3 is 0 Å². The second-order valence-electron chi connectivity index (χ2n) is 6.09. The molecule has 0 saturated carbocycles. The summed E-state index contributed by atoms with van der Waals surface area (Å²) in [5.74, 6) is -0.0604. The normalized spacial score (nSPS) is 15.4. The number of amides is 2. The molecule has 1 fully saturated rings. The molecule has 2 heterocycles. The molecule has 2 amide bonds. The number of phenolic OH excluding ortho intramolecular Hbond substituents is 1. The van der Waals surface area contributed by atoms with Gasteiger partial charge in [-0.15, -0.1) is 11.3 Å². The number of rotatable bonds is 8. The Labute approximate surface area is 176 Å². The highest BCUT2D eigenvalue weighted by molar-refractivity contribution is 8.26. The number of para-hydroxylation sites is 1. The third kappa shape index (κ3) is 5.40. The Morgan fingerprint density at radius 3 is 2.86 bits per heavy atom. The summed E-state index contributed by atoms with van der Waals surface area (Å²) in [5.41, 5.74) is 0.592. The molecule has 2 N–H and O–H groups in total. The number of phenols is 1. The number of carbonyl (C=O) groups is 2. The van der Waals surface area contributed by atoms with Crippen molar-refractivity contribution < 1.29 is 14.7 Å². The quantitative estimate of drug-likeness (QED) is 0.368. The molecule has 1 aromatic heterocycles. The van der Waals surface area contributed by atoms with Crippen molar-refractivity contribution in [1.29, 1.82) is 0 Å². The summed E-state index contributed by atoms with van der Waals surface area (Å²) in [4.78, 5) is 30.5. The maximum atomic E-state index is 12.6. The zero-order valence-corrected chi connectivity index (χ0v) is 17.4. The largest absolute Gasteiger partial charge is 0.507 e. The number of unbranched alkanes of at least 4 members (excludes halogenated alkanes) is 2. The van der Waals surface area contributed by atoms with E-state index < -0.39 is 0 Å². The van der Waals surface area contributed by atoms with Crippen LogP contribution in [0.3, 0.4) is 0 Å². The molecule has 0 unspecified atom stereocenters. The smallest absolute Gasteiger partial charge is 0.266 e. The predicted octanol–water partition coefficient (Wildman–Crippen LogP) is 4.25. The van der Waals surface area contributed by atoms with Gasteiger partial charge in [0.1, 0.15) is 10.1 Å². The van der Waals surface area contributed by atoms with E-state index in [9.17, 15) is 14.7 Å². The Balaban J connectivity index is 1.43. The van der Waals surface area contributed by atoms with Crippen LogP contribution < -0.4 is 5.32 Å². The number of nitrogens with one attached hydrogen (secondary N) is 1. The van der Waals surface area contributed by atoms with E-state index in [0.29, 0.717) is 32.9 Å². The first-order valence-electron chi connectivity index (χ1n) is 8.77. The number of aromatic hydroxyl groups is 1. The first-order valence-corrected chi connectivity index (χ1v) is 10.9. The van der Waals surface area contributed by atoms with E-state index in [1.165, 1.54) is 23.1 Å². The summed E-state index contributed by atoms with van der Waals surface area (Å²) in [7, 11) is 0. The van der Waals surface area contributed by atoms with Gasteiger partial charge in [-0.05, 0) is 25.0 Å². The van der Waals surface area contributed by atoms with Crippen molar-refractivity contribution in [1.82, 2.24) is 9.88 Å². The molecule has 146 valence electrons. The summed E-state index contributed by atoms with van der Waals surface area (Å²) >= 11 is 7.96. The van der Waals surface area contributed by atoms with Crippen molar-refractivity contribution in [2.24, 2.45) is 0 Å². The molecular formula is C19H19N3O3S3. The Hall–Kier alpha value is -2.23. The molecule has 1 saturated heterocycles. The minimum Gasteiger partial charge on any atom is -0.507 e. The SMILES string of the molecule is O=C(CCCCCN1C(=O)/C(=C/c2ccccc2O)SC1=S)Nc1nccs1. The standard InChI is InChI=1S/C19H19N3O3S3/c23-14-7-4-3-6-13(14)12-15-17(25)22(19(26)28-15)10-5-1-2-8-16(24)21-18-20-9-11-27-18/h3-4,6-7,9,11-12,23H,1-2,5,8,10H2,(H,20,21,24)/b15-12-. The minimum atomic E-state index is -0.139. The summed E-state index contributed by atoms with van der Waals surface area (Å²) in [5, 5.41) is 15.0. The topological polar surface area (TPSA) is 82.5 Å². The first kappa shape index (κ1) is 20.5. The summed E-state index contributed by atoms with van der Waals surface area (Å²) in [6.45, 7) is 0.525. The van der Waals surface area contributed by atoms with Gasteiger partial charge in [0.25, 0.3) is 5.91 Å². The first-order chi connectivity index (χ1) is 13.5. The molecule has 0 atom stereocenters. The minimum absolute atomic E-state index is 0.0498. The molecule has 28 heavy (non-hydrogen) atoms. The lowest BCUT2D eigenvalue weighted by Crippen LogP contribution is -2.29. The van der Waals surface area contributed by atoms with E-state index in [-0.39, 0.29) is 17.6 Å². The molecule has 1 aliphatic heterocycles. The van der Waals surface area contributed by atoms with Crippen molar-refractivity contribution in [3.63, 3.8) is 0 Å². The number of thiocarbonyl (C=S) groups is 1. The average Bonchev–Trinajstić information content (AvgIpc) is 3.26. The van der Waals surface area contributed by atoms with Crippen molar-refractivity contribution in [3.8, 4) is 5.75 Å². The zero-order valence-electron chi connectivity index (χ0n) is 15.0. The fourth-order valence-corrected chi connectivity index (χ4v) is 4.49. The molecule has 2 aromatic rings. The van der Waals surface area contributed by atoms with Crippen LogP contribution in [0, 0.1) is 0 Å². The lowest BCUT2D eigenvalue weighted by molar-refractivity contribution is -0.122. The summed E-state index contributed by atoms with van der Waals surface area (Å²) < 4.78 is 0.521. The average molecular weight is 434 g/mol. The van der Waals surface area contributed by atoms with E-state index in [1.807, 2.05) is 5.38 Å². The molecule has 9 heteroatoms. The third-order valence-electron chi connectivity index (χ3n) is 4.06. The van der Waals surface area contributed by atoms with E-state index in [4.69, 9.17) is 12.2 Å². The van der Waals surface area contributed by atoms with Gasteiger partial charge in [-0.2, -0.15) is 0 Å². The highest BCUT2D eigenvalue weighted by Gasteiger charge is 2.31. The van der Waals surface area contributed by atoms with Gasteiger partial charge < -0.3 is 10.4 Å². The van der Waals surface area contributed by atoms with Crippen LogP contribution >= 0.6 is 35.3 Å². The number of aromatic nitrogens is 1. The number of hydrogen-bond acceptors (Lipinski definition) is 7. The number of anilines is 1. The van der Waals surface area contributed by atoms with Crippen LogP contribution in [0.4, 0.5) is 5.13 Å². The Bertz CT molecular complexity index is 897. The van der Waals surface area contributed by atoms with Gasteiger partial charge in [0.15, 0.2) is 5.13 Å². The molecule has 0 radical (unpaired) electrons. The van der Waals surface area contributed by atoms with E-state index in [2.05, 4.69) is 10.3 Å². The molecule has 0 bridgehead atoms. The molecule has 3 rings (SSSR count). The van der Waals surface area contributed by atoms with Crippen molar-refractivity contribution in [2.75, 3.05) is 11.9 Å². The van der Waals surface area contributed by atoms with E-state index >= 15 is 0 Å². The van der Waals surface area contributed by atoms with Crippen LogP contribution in [0.2, 0.25) is 0 Å². The van der Waals surface area contributed by atoms with Crippen LogP contribution in [0.5, 0.6) is 5.75 Å². The van der Waals surface area contributed by atoms with Crippen molar-refractivity contribution in [3.05, 3.63) is 46.3 Å². The van der Waals surface area contributed by atoms with E-state index in [1.54, 1.807) is 41.4 Å². The van der Waals surface area contributed by atoms with Gasteiger partial charge in [-0.25, -0.2) is 4.98 Å². The van der Waals surface area contributed by atoms with Crippen LogP contribution in [0.25, 0.3) is 6.08 Å². The molecule has 1 aromatic carbocycles. The van der Waals surface area contributed by atoms with Crippen molar-refractivity contribution >= 4 is 62.7 Å². The molecule has 0 spiro atoms. The van der Waals surface area contributed by atoms with Gasteiger partial charge in [-0.3, -0.25) is 14.5 Å². The Morgan fingerprint density at radius 2 is 2.11 bits per heavy atom. The zero-order chi connectivity index (χ0) is 19.9. The highest BCUT2D eigenvalue weighted by atomic mass is 32.2. The lowest BCUT2D eigenvalue weighted by atomic mass is 10.1. The highest BCUT2D eigenvalue weighted by Crippen LogP contribution is 2.34. The Kier molecular flexibility index (Phi) is 7.18. The summed E-state index contributed by atoms with van der Waals surface area (Å²) in [6.07, 6.45) is 6.06. The molecular weight excluding hydrogens is 414 g/mol. The van der Waals surface area contributed by atoms with Gasteiger partial charge in [0.05, 0.1) is 4.91 Å². The second kappa shape index (κ2) is 9.81. The second-order valence-corrected chi connectivity index (χ2v) is 8.66. The maximum absolute atomic E-state index is 12.6. The number of thioether (sulfide) groups is 1.